The molecule has 1 saturated heterocycles. The van der Waals surface area contributed by atoms with Gasteiger partial charge in [-0.1, -0.05) is 0 Å². The number of hydrogen-bond donors (Lipinski definition) is 1. The summed E-state index contributed by atoms with van der Waals surface area (Å²) < 4.78 is 49.2. The first-order valence-corrected chi connectivity index (χ1v) is 4.94. The van der Waals surface area contributed by atoms with Crippen LogP contribution in [-0.2, 0) is 4.79 Å². The van der Waals surface area contributed by atoms with E-state index in [4.69, 9.17) is 5.11 Å². The number of likely N-dealkylation sites (tertiary alicyclic amines) is 1. The zero-order chi connectivity index (χ0) is 12.3. The van der Waals surface area contributed by atoms with Crippen molar-refractivity contribution >= 4 is 5.97 Å². The molecule has 16 heavy (non-hydrogen) atoms. The number of hydrogen-bond acceptors (Lipinski definition) is 2. The third kappa shape index (κ3) is 3.33. The van der Waals surface area contributed by atoms with Gasteiger partial charge in [-0.15, -0.1) is 0 Å². The first kappa shape index (κ1) is 13.2. The smallest absolute Gasteiger partial charge is 0.319 e. The number of nitrogens with zero attached hydrogens (tertiary/aromatic N) is 1. The van der Waals surface area contributed by atoms with Gasteiger partial charge >= 0.3 is 18.3 Å². The molecule has 1 aliphatic rings. The van der Waals surface area contributed by atoms with E-state index in [1.54, 1.807) is 0 Å². The summed E-state index contributed by atoms with van der Waals surface area (Å²) in [6, 6.07) is 0. The van der Waals surface area contributed by atoms with Gasteiger partial charge in [-0.05, 0) is 25.9 Å². The molecule has 0 aliphatic carbocycles. The van der Waals surface area contributed by atoms with Crippen molar-refractivity contribution in [3.05, 3.63) is 0 Å². The molecule has 3 nitrogen and oxygen atoms in total. The summed E-state index contributed by atoms with van der Waals surface area (Å²) in [5.74, 6) is -5.52. The van der Waals surface area contributed by atoms with Gasteiger partial charge in [-0.3, -0.25) is 9.69 Å². The summed E-state index contributed by atoms with van der Waals surface area (Å²) in [5, 5.41) is 8.66. The van der Waals surface area contributed by atoms with Crippen molar-refractivity contribution in [3.8, 4) is 0 Å². The second kappa shape index (κ2) is 4.99. The summed E-state index contributed by atoms with van der Waals surface area (Å²) in [7, 11) is 0. The largest absolute Gasteiger partial charge is 0.481 e. The minimum Gasteiger partial charge on any atom is -0.481 e. The molecule has 0 aromatic heterocycles. The van der Waals surface area contributed by atoms with Gasteiger partial charge in [0.2, 0.25) is 0 Å². The summed E-state index contributed by atoms with van der Waals surface area (Å²) in [6.45, 7) is -0.754. The average molecular weight is 243 g/mol. The number of alkyl halides is 4. The van der Waals surface area contributed by atoms with Gasteiger partial charge in [0.05, 0.1) is 12.5 Å². The molecule has 0 spiro atoms. The number of rotatable bonds is 4. The van der Waals surface area contributed by atoms with E-state index in [0.29, 0.717) is 0 Å². The van der Waals surface area contributed by atoms with Crippen LogP contribution in [0.25, 0.3) is 0 Å². The van der Waals surface area contributed by atoms with Crippen molar-refractivity contribution < 1.29 is 27.5 Å². The number of halogens is 4. The average Bonchev–Trinajstić information content (AvgIpc) is 2.17. The molecule has 1 aliphatic heterocycles. The second-order valence-corrected chi connectivity index (χ2v) is 3.95. The topological polar surface area (TPSA) is 40.5 Å². The zero-order valence-corrected chi connectivity index (χ0v) is 8.50. The molecule has 0 saturated carbocycles. The van der Waals surface area contributed by atoms with Gasteiger partial charge in [0.1, 0.15) is 0 Å². The molecular formula is C9H13F4NO2. The van der Waals surface area contributed by atoms with Gasteiger partial charge in [0.25, 0.3) is 0 Å². The third-order valence-electron chi connectivity index (χ3n) is 2.69. The number of carboxylic acids is 1. The lowest BCUT2D eigenvalue weighted by molar-refractivity contribution is -0.150. The molecule has 0 atom stereocenters. The van der Waals surface area contributed by atoms with E-state index in [1.807, 2.05) is 0 Å². The summed E-state index contributed by atoms with van der Waals surface area (Å²) >= 11 is 0. The highest BCUT2D eigenvalue weighted by Crippen LogP contribution is 2.26. The van der Waals surface area contributed by atoms with Crippen LogP contribution in [0.3, 0.4) is 0 Å². The molecule has 1 rings (SSSR count). The van der Waals surface area contributed by atoms with Gasteiger partial charge in [-0.25, -0.2) is 8.78 Å². The van der Waals surface area contributed by atoms with Crippen molar-refractivity contribution in [1.29, 1.82) is 0 Å². The molecule has 0 amide bonds. The van der Waals surface area contributed by atoms with Crippen LogP contribution in [-0.4, -0.2) is 48.0 Å². The number of aliphatic carboxylic acids is 1. The van der Waals surface area contributed by atoms with Crippen LogP contribution < -0.4 is 0 Å². The predicted molar refractivity (Wildman–Crippen MR) is 47.8 cm³/mol. The van der Waals surface area contributed by atoms with Crippen LogP contribution in [0.5, 0.6) is 0 Å². The molecule has 0 aromatic rings. The fraction of sp³-hybridized carbons (Fsp3) is 0.889. The van der Waals surface area contributed by atoms with Crippen LogP contribution in [0.1, 0.15) is 12.8 Å². The van der Waals surface area contributed by atoms with E-state index in [2.05, 4.69) is 0 Å². The minimum atomic E-state index is -4.02. The van der Waals surface area contributed by atoms with Crippen molar-refractivity contribution in [2.45, 2.75) is 25.2 Å². The molecular weight excluding hydrogens is 230 g/mol. The normalized spacial score (nSPS) is 20.3. The Morgan fingerprint density at radius 1 is 1.38 bits per heavy atom. The minimum absolute atomic E-state index is 0.124. The van der Waals surface area contributed by atoms with Gasteiger partial charge in [-0.2, -0.15) is 8.78 Å². The number of piperidine rings is 1. The van der Waals surface area contributed by atoms with E-state index in [0.717, 1.165) is 0 Å². The molecule has 1 fully saturated rings. The number of carboxylic acid groups (broad SMARTS) is 1. The predicted octanol–water partition coefficient (Wildman–Crippen LogP) is 1.68. The van der Waals surface area contributed by atoms with E-state index >= 15 is 0 Å². The first-order valence-electron chi connectivity index (χ1n) is 4.94. The van der Waals surface area contributed by atoms with Crippen LogP contribution >= 0.6 is 0 Å². The SMILES string of the molecule is O=C(O)C1CCN(CC(F)(F)C(F)F)CC1. The molecule has 0 radical (unpaired) electrons. The molecule has 1 heterocycles. The first-order chi connectivity index (χ1) is 7.33. The maximum atomic E-state index is 12.7. The lowest BCUT2D eigenvalue weighted by Gasteiger charge is -2.32. The Kier molecular flexibility index (Phi) is 4.12. The Morgan fingerprint density at radius 2 is 1.88 bits per heavy atom. The van der Waals surface area contributed by atoms with E-state index < -0.39 is 30.8 Å². The van der Waals surface area contributed by atoms with E-state index in [9.17, 15) is 22.4 Å². The molecule has 7 heteroatoms. The summed E-state index contributed by atoms with van der Waals surface area (Å²) in [6.07, 6.45) is -3.21. The lowest BCUT2D eigenvalue weighted by Crippen LogP contribution is -2.45. The molecule has 0 aromatic carbocycles. The van der Waals surface area contributed by atoms with Gasteiger partial charge in [0, 0.05) is 0 Å². The standard InChI is InChI=1S/C9H13F4NO2/c10-8(11)9(12,13)5-14-3-1-6(2-4-14)7(15)16/h6,8H,1-5H2,(H,15,16). The van der Waals surface area contributed by atoms with Crippen molar-refractivity contribution in [2.75, 3.05) is 19.6 Å². The fourth-order valence-corrected chi connectivity index (χ4v) is 1.71. The molecule has 0 unspecified atom stereocenters. The molecule has 1 N–H and O–H groups in total. The Hall–Kier alpha value is -0.850. The lowest BCUT2D eigenvalue weighted by atomic mass is 9.97. The van der Waals surface area contributed by atoms with Crippen molar-refractivity contribution in [1.82, 2.24) is 4.90 Å². The van der Waals surface area contributed by atoms with Crippen LogP contribution in [0.15, 0.2) is 0 Å². The fourth-order valence-electron chi connectivity index (χ4n) is 1.71. The Balaban J connectivity index is 2.40. The van der Waals surface area contributed by atoms with Gasteiger partial charge < -0.3 is 5.11 Å². The van der Waals surface area contributed by atoms with Crippen LogP contribution in [0.2, 0.25) is 0 Å². The highest BCUT2D eigenvalue weighted by Gasteiger charge is 2.42. The summed E-state index contributed by atoms with van der Waals surface area (Å²) in [5.41, 5.74) is 0. The number of carbonyl (C=O) groups is 1. The third-order valence-corrected chi connectivity index (χ3v) is 2.69. The Morgan fingerprint density at radius 3 is 2.25 bits per heavy atom. The highest BCUT2D eigenvalue weighted by molar-refractivity contribution is 5.70. The Bertz CT molecular complexity index is 252. The van der Waals surface area contributed by atoms with E-state index in [1.165, 1.54) is 4.90 Å². The van der Waals surface area contributed by atoms with Crippen molar-refractivity contribution in [3.63, 3.8) is 0 Å². The maximum absolute atomic E-state index is 12.7. The van der Waals surface area contributed by atoms with Gasteiger partial charge in [0.15, 0.2) is 0 Å². The molecule has 94 valence electrons. The monoisotopic (exact) mass is 243 g/mol. The molecule has 0 bridgehead atoms. The zero-order valence-electron chi connectivity index (χ0n) is 8.50. The highest BCUT2D eigenvalue weighted by atomic mass is 19.3. The second-order valence-electron chi connectivity index (χ2n) is 3.95. The van der Waals surface area contributed by atoms with Crippen molar-refractivity contribution in [2.24, 2.45) is 5.92 Å². The van der Waals surface area contributed by atoms with E-state index in [-0.39, 0.29) is 25.9 Å². The summed E-state index contributed by atoms with van der Waals surface area (Å²) in [4.78, 5) is 11.8. The maximum Gasteiger partial charge on any atom is 0.319 e. The quantitative estimate of drug-likeness (QED) is 0.764. The van der Waals surface area contributed by atoms with Crippen LogP contribution in [0, 0.1) is 5.92 Å². The Labute approximate surface area is 90.0 Å². The van der Waals surface area contributed by atoms with Crippen LogP contribution in [0.4, 0.5) is 17.6 Å².